The molecule has 0 spiro atoms. The van der Waals surface area contributed by atoms with E-state index in [9.17, 15) is 0 Å². The molecule has 0 aliphatic heterocycles. The number of halogens is 1. The number of aromatic nitrogens is 2. The van der Waals surface area contributed by atoms with Gasteiger partial charge in [-0.15, -0.1) is 22.9 Å². The molecule has 90 valence electrons. The Morgan fingerprint density at radius 1 is 1.47 bits per heavy atom. The molecule has 2 nitrogen and oxygen atoms in total. The standard InChI is InChI=1S/C13H15ClN2S/c1-2-9-5-10-12(6-11(14)8-3-4-8)15-7-16-13(10)17-9/h5,7-8,11H,2-4,6H2,1H3. The number of alkyl halides is 1. The maximum Gasteiger partial charge on any atom is 0.127 e. The molecule has 0 amide bonds. The molecule has 1 unspecified atom stereocenters. The summed E-state index contributed by atoms with van der Waals surface area (Å²) in [6, 6.07) is 2.23. The quantitative estimate of drug-likeness (QED) is 0.787. The molecule has 2 aromatic heterocycles. The van der Waals surface area contributed by atoms with E-state index in [-0.39, 0.29) is 5.38 Å². The second kappa shape index (κ2) is 4.54. The third kappa shape index (κ3) is 2.31. The lowest BCUT2D eigenvalue weighted by Crippen LogP contribution is -2.07. The van der Waals surface area contributed by atoms with Crippen LogP contribution in [0.15, 0.2) is 12.4 Å². The molecular formula is C13H15ClN2S. The van der Waals surface area contributed by atoms with Crippen molar-refractivity contribution in [2.24, 2.45) is 5.92 Å². The van der Waals surface area contributed by atoms with Crippen LogP contribution >= 0.6 is 22.9 Å². The average molecular weight is 267 g/mol. The van der Waals surface area contributed by atoms with Crippen molar-refractivity contribution >= 4 is 33.2 Å². The van der Waals surface area contributed by atoms with Crippen molar-refractivity contribution in [3.63, 3.8) is 0 Å². The monoisotopic (exact) mass is 266 g/mol. The molecule has 1 aliphatic carbocycles. The fraction of sp³-hybridized carbons (Fsp3) is 0.538. The molecule has 1 fully saturated rings. The first-order valence-electron chi connectivity index (χ1n) is 6.14. The van der Waals surface area contributed by atoms with Crippen molar-refractivity contribution in [2.45, 2.75) is 38.0 Å². The van der Waals surface area contributed by atoms with Gasteiger partial charge in [-0.05, 0) is 31.2 Å². The molecule has 1 aliphatic rings. The summed E-state index contributed by atoms with van der Waals surface area (Å²) < 4.78 is 0. The summed E-state index contributed by atoms with van der Waals surface area (Å²) >= 11 is 8.17. The van der Waals surface area contributed by atoms with Crippen molar-refractivity contribution in [2.75, 3.05) is 0 Å². The van der Waals surface area contributed by atoms with Gasteiger partial charge >= 0.3 is 0 Å². The van der Waals surface area contributed by atoms with Crippen LogP contribution in [0.3, 0.4) is 0 Å². The maximum atomic E-state index is 6.40. The van der Waals surface area contributed by atoms with Crippen LogP contribution in [0.2, 0.25) is 0 Å². The van der Waals surface area contributed by atoms with Crippen LogP contribution in [0.5, 0.6) is 0 Å². The van der Waals surface area contributed by atoms with Gasteiger partial charge in [-0.2, -0.15) is 0 Å². The fourth-order valence-electron chi connectivity index (χ4n) is 2.10. The van der Waals surface area contributed by atoms with Gasteiger partial charge in [0.05, 0.1) is 5.69 Å². The number of rotatable bonds is 4. The van der Waals surface area contributed by atoms with E-state index in [4.69, 9.17) is 11.6 Å². The lowest BCUT2D eigenvalue weighted by Gasteiger charge is -2.07. The van der Waals surface area contributed by atoms with Crippen molar-refractivity contribution in [3.05, 3.63) is 23.0 Å². The Morgan fingerprint density at radius 2 is 2.29 bits per heavy atom. The van der Waals surface area contributed by atoms with Crippen molar-refractivity contribution in [1.82, 2.24) is 9.97 Å². The molecule has 1 atom stereocenters. The molecule has 4 heteroatoms. The highest BCUT2D eigenvalue weighted by Crippen LogP contribution is 2.38. The van der Waals surface area contributed by atoms with E-state index in [0.717, 1.165) is 23.4 Å². The maximum absolute atomic E-state index is 6.40. The Kier molecular flexibility index (Phi) is 3.05. The minimum atomic E-state index is 0.248. The minimum absolute atomic E-state index is 0.248. The lowest BCUT2D eigenvalue weighted by molar-refractivity contribution is 0.727. The SMILES string of the molecule is CCc1cc2c(CC(Cl)C3CC3)ncnc2s1. The predicted molar refractivity (Wildman–Crippen MR) is 72.9 cm³/mol. The zero-order valence-electron chi connectivity index (χ0n) is 9.82. The first kappa shape index (κ1) is 11.4. The van der Waals surface area contributed by atoms with Crippen molar-refractivity contribution in [1.29, 1.82) is 0 Å². The van der Waals surface area contributed by atoms with Gasteiger partial charge in [-0.3, -0.25) is 0 Å². The van der Waals surface area contributed by atoms with E-state index in [1.165, 1.54) is 23.1 Å². The first-order chi connectivity index (χ1) is 8.28. The van der Waals surface area contributed by atoms with E-state index >= 15 is 0 Å². The smallest absolute Gasteiger partial charge is 0.127 e. The van der Waals surface area contributed by atoms with Gasteiger partial charge in [0.15, 0.2) is 0 Å². The Labute approximate surface area is 110 Å². The largest absolute Gasteiger partial charge is 0.241 e. The number of hydrogen-bond acceptors (Lipinski definition) is 3. The molecular weight excluding hydrogens is 252 g/mol. The normalized spacial score (nSPS) is 17.5. The van der Waals surface area contributed by atoms with E-state index in [0.29, 0.717) is 5.92 Å². The first-order valence-corrected chi connectivity index (χ1v) is 7.39. The summed E-state index contributed by atoms with van der Waals surface area (Å²) in [4.78, 5) is 11.2. The topological polar surface area (TPSA) is 25.8 Å². The summed E-state index contributed by atoms with van der Waals surface area (Å²) in [7, 11) is 0. The van der Waals surface area contributed by atoms with Gasteiger partial charge in [0, 0.05) is 22.1 Å². The van der Waals surface area contributed by atoms with Crippen LogP contribution in [-0.2, 0) is 12.8 Å². The zero-order valence-corrected chi connectivity index (χ0v) is 11.4. The average Bonchev–Trinajstić information content (AvgIpc) is 3.09. The highest BCUT2D eigenvalue weighted by Gasteiger charge is 2.30. The van der Waals surface area contributed by atoms with Gasteiger partial charge in [0.25, 0.3) is 0 Å². The molecule has 0 N–H and O–H groups in total. The Bertz CT molecular complexity index is 533. The Balaban J connectivity index is 1.94. The number of aryl methyl sites for hydroxylation is 1. The van der Waals surface area contributed by atoms with Gasteiger partial charge in [-0.25, -0.2) is 9.97 Å². The zero-order chi connectivity index (χ0) is 11.8. The molecule has 0 radical (unpaired) electrons. The Morgan fingerprint density at radius 3 is 3.00 bits per heavy atom. The molecule has 3 rings (SSSR count). The van der Waals surface area contributed by atoms with Gasteiger partial charge < -0.3 is 0 Å². The summed E-state index contributed by atoms with van der Waals surface area (Å²) in [5.74, 6) is 0.714. The number of fused-ring (bicyclic) bond motifs is 1. The number of hydrogen-bond donors (Lipinski definition) is 0. The molecule has 0 aromatic carbocycles. The van der Waals surface area contributed by atoms with Crippen molar-refractivity contribution in [3.8, 4) is 0 Å². The summed E-state index contributed by atoms with van der Waals surface area (Å²) in [5, 5.41) is 1.46. The van der Waals surface area contributed by atoms with Gasteiger partial charge in [0.2, 0.25) is 0 Å². The predicted octanol–water partition coefficient (Wildman–Crippen LogP) is 3.81. The molecule has 1 saturated carbocycles. The molecule has 0 bridgehead atoms. The third-order valence-corrected chi connectivity index (χ3v) is 5.03. The minimum Gasteiger partial charge on any atom is -0.241 e. The van der Waals surface area contributed by atoms with Gasteiger partial charge in [0.1, 0.15) is 11.2 Å². The fourth-order valence-corrected chi connectivity index (χ4v) is 3.45. The molecule has 17 heavy (non-hydrogen) atoms. The second-order valence-electron chi connectivity index (χ2n) is 4.66. The second-order valence-corrected chi connectivity index (χ2v) is 6.34. The van der Waals surface area contributed by atoms with E-state index in [1.54, 1.807) is 17.7 Å². The molecule has 2 aromatic rings. The van der Waals surface area contributed by atoms with Crippen LogP contribution in [0.4, 0.5) is 0 Å². The summed E-state index contributed by atoms with van der Waals surface area (Å²) in [6.07, 6.45) is 6.18. The third-order valence-electron chi connectivity index (χ3n) is 3.33. The molecule has 2 heterocycles. The van der Waals surface area contributed by atoms with E-state index < -0.39 is 0 Å². The summed E-state index contributed by atoms with van der Waals surface area (Å²) in [5.41, 5.74) is 1.12. The van der Waals surface area contributed by atoms with Crippen LogP contribution < -0.4 is 0 Å². The summed E-state index contributed by atoms with van der Waals surface area (Å²) in [6.45, 7) is 2.17. The van der Waals surface area contributed by atoms with Crippen LogP contribution in [0.1, 0.15) is 30.3 Å². The number of nitrogens with zero attached hydrogens (tertiary/aromatic N) is 2. The number of thiophene rings is 1. The van der Waals surface area contributed by atoms with Gasteiger partial charge in [-0.1, -0.05) is 6.92 Å². The Hall–Kier alpha value is -0.670. The molecule has 0 saturated heterocycles. The van der Waals surface area contributed by atoms with E-state index in [2.05, 4.69) is 23.0 Å². The highest BCUT2D eigenvalue weighted by atomic mass is 35.5. The highest BCUT2D eigenvalue weighted by molar-refractivity contribution is 7.18. The lowest BCUT2D eigenvalue weighted by atomic mass is 10.1. The van der Waals surface area contributed by atoms with E-state index in [1.807, 2.05) is 0 Å². The van der Waals surface area contributed by atoms with Crippen LogP contribution in [0, 0.1) is 5.92 Å². The van der Waals surface area contributed by atoms with Crippen LogP contribution in [-0.4, -0.2) is 15.3 Å². The van der Waals surface area contributed by atoms with Crippen molar-refractivity contribution < 1.29 is 0 Å². The van der Waals surface area contributed by atoms with Crippen LogP contribution in [0.25, 0.3) is 10.2 Å².